The van der Waals surface area contributed by atoms with Gasteiger partial charge in [-0.25, -0.2) is 4.79 Å². The number of methoxy groups -OCH3 is 1. The van der Waals surface area contributed by atoms with E-state index in [0.29, 0.717) is 16.8 Å². The molecule has 0 unspecified atom stereocenters. The van der Waals surface area contributed by atoms with Crippen LogP contribution < -0.4 is 10.1 Å². The largest absolute Gasteiger partial charge is 0.497 e. The first kappa shape index (κ1) is 17.4. The zero-order chi connectivity index (χ0) is 18.5. The number of fused-ring (bicyclic) bond motifs is 1. The minimum Gasteiger partial charge on any atom is -0.497 e. The summed E-state index contributed by atoms with van der Waals surface area (Å²) < 4.78 is 5.09. The molecular formula is C20H18N2O4. The molecule has 1 atom stereocenters. The lowest BCUT2D eigenvalue weighted by molar-refractivity contribution is -0.139. The molecule has 3 rings (SSSR count). The number of carboxylic acid groups (broad SMARTS) is 1. The average Bonchev–Trinajstić information content (AvgIpc) is 2.67. The number of carboxylic acids is 1. The van der Waals surface area contributed by atoms with Crippen LogP contribution in [0.3, 0.4) is 0 Å². The molecule has 6 heteroatoms. The fraction of sp³-hybridized carbons (Fsp3) is 0.150. The molecule has 0 radical (unpaired) electrons. The van der Waals surface area contributed by atoms with E-state index in [1.165, 1.54) is 0 Å². The van der Waals surface area contributed by atoms with E-state index in [-0.39, 0.29) is 6.42 Å². The van der Waals surface area contributed by atoms with Crippen molar-refractivity contribution in [2.45, 2.75) is 12.5 Å². The third kappa shape index (κ3) is 3.80. The summed E-state index contributed by atoms with van der Waals surface area (Å²) in [7, 11) is 1.56. The van der Waals surface area contributed by atoms with Crippen LogP contribution in [0.15, 0.2) is 60.8 Å². The van der Waals surface area contributed by atoms with Gasteiger partial charge in [-0.05, 0) is 29.8 Å². The SMILES string of the molecule is COc1ccc(C[C@H](NC(=O)c2cccc3cccnc23)C(=O)O)cc1. The molecule has 0 aliphatic carbocycles. The quantitative estimate of drug-likeness (QED) is 0.713. The average molecular weight is 350 g/mol. The van der Waals surface area contributed by atoms with Crippen molar-refractivity contribution in [1.29, 1.82) is 0 Å². The van der Waals surface area contributed by atoms with Crippen molar-refractivity contribution in [3.05, 3.63) is 71.9 Å². The first-order valence-electron chi connectivity index (χ1n) is 8.09. The Balaban J connectivity index is 1.80. The van der Waals surface area contributed by atoms with E-state index in [1.54, 1.807) is 55.8 Å². The number of pyridine rings is 1. The second-order valence-corrected chi connectivity index (χ2v) is 5.80. The number of nitrogens with one attached hydrogen (secondary N) is 1. The number of carbonyl (C=O) groups is 2. The zero-order valence-corrected chi connectivity index (χ0v) is 14.2. The van der Waals surface area contributed by atoms with Crippen LogP contribution in [0.5, 0.6) is 5.75 Å². The second kappa shape index (κ2) is 7.65. The van der Waals surface area contributed by atoms with Crippen LogP contribution in [0.4, 0.5) is 0 Å². The summed E-state index contributed by atoms with van der Waals surface area (Å²) >= 11 is 0. The van der Waals surface area contributed by atoms with Gasteiger partial charge >= 0.3 is 5.97 Å². The Labute approximate surface area is 150 Å². The number of amides is 1. The van der Waals surface area contributed by atoms with Gasteiger partial charge in [-0.15, -0.1) is 0 Å². The molecule has 0 fully saturated rings. The Morgan fingerprint density at radius 3 is 2.54 bits per heavy atom. The molecular weight excluding hydrogens is 332 g/mol. The number of aromatic nitrogens is 1. The smallest absolute Gasteiger partial charge is 0.326 e. The molecule has 2 N–H and O–H groups in total. The highest BCUT2D eigenvalue weighted by Crippen LogP contribution is 2.17. The summed E-state index contributed by atoms with van der Waals surface area (Å²) in [6, 6.07) is 14.9. The van der Waals surface area contributed by atoms with E-state index in [4.69, 9.17) is 4.74 Å². The highest BCUT2D eigenvalue weighted by Gasteiger charge is 2.22. The molecule has 0 saturated heterocycles. The molecule has 0 aliphatic rings. The van der Waals surface area contributed by atoms with Crippen LogP contribution >= 0.6 is 0 Å². The second-order valence-electron chi connectivity index (χ2n) is 5.80. The minimum absolute atomic E-state index is 0.170. The fourth-order valence-electron chi connectivity index (χ4n) is 2.72. The summed E-state index contributed by atoms with van der Waals surface area (Å²) in [6.45, 7) is 0. The van der Waals surface area contributed by atoms with Crippen LogP contribution in [0.25, 0.3) is 10.9 Å². The normalized spacial score (nSPS) is 11.7. The van der Waals surface area contributed by atoms with Gasteiger partial charge in [0.2, 0.25) is 0 Å². The standard InChI is InChI=1S/C20H18N2O4/c1-26-15-9-7-13(8-10-15)12-17(20(24)25)22-19(23)16-6-2-4-14-5-3-11-21-18(14)16/h2-11,17H,12H2,1H3,(H,22,23)(H,24,25)/t17-/m0/s1. The zero-order valence-electron chi connectivity index (χ0n) is 14.2. The number of nitrogens with zero attached hydrogens (tertiary/aromatic N) is 1. The Hall–Kier alpha value is -3.41. The number of para-hydroxylation sites is 1. The predicted octanol–water partition coefficient (Wildman–Crippen LogP) is 2.67. The van der Waals surface area contributed by atoms with E-state index in [2.05, 4.69) is 10.3 Å². The lowest BCUT2D eigenvalue weighted by Gasteiger charge is -2.15. The lowest BCUT2D eigenvalue weighted by atomic mass is 10.0. The van der Waals surface area contributed by atoms with Gasteiger partial charge in [0.05, 0.1) is 18.2 Å². The van der Waals surface area contributed by atoms with E-state index in [0.717, 1.165) is 10.9 Å². The van der Waals surface area contributed by atoms with Crippen LogP contribution in [0, 0.1) is 0 Å². The van der Waals surface area contributed by atoms with Crippen molar-refractivity contribution in [3.8, 4) is 5.75 Å². The molecule has 0 spiro atoms. The molecule has 0 bridgehead atoms. The topological polar surface area (TPSA) is 88.5 Å². The summed E-state index contributed by atoms with van der Waals surface area (Å²) in [5.74, 6) is -0.871. The van der Waals surface area contributed by atoms with Gasteiger partial charge in [-0.2, -0.15) is 0 Å². The third-order valence-electron chi connectivity index (χ3n) is 4.08. The molecule has 26 heavy (non-hydrogen) atoms. The molecule has 6 nitrogen and oxygen atoms in total. The van der Waals surface area contributed by atoms with Crippen molar-refractivity contribution in [2.75, 3.05) is 7.11 Å². The first-order chi connectivity index (χ1) is 12.6. The van der Waals surface area contributed by atoms with Crippen molar-refractivity contribution in [2.24, 2.45) is 0 Å². The highest BCUT2D eigenvalue weighted by atomic mass is 16.5. The Morgan fingerprint density at radius 2 is 1.85 bits per heavy atom. The van der Waals surface area contributed by atoms with Gasteiger partial charge in [-0.3, -0.25) is 9.78 Å². The minimum atomic E-state index is -1.10. The third-order valence-corrected chi connectivity index (χ3v) is 4.08. The number of hydrogen-bond donors (Lipinski definition) is 2. The summed E-state index contributed by atoms with van der Waals surface area (Å²) in [6.07, 6.45) is 1.77. The predicted molar refractivity (Wildman–Crippen MR) is 97.3 cm³/mol. The monoisotopic (exact) mass is 350 g/mol. The maximum atomic E-state index is 12.6. The van der Waals surface area contributed by atoms with Crippen LogP contribution in [-0.2, 0) is 11.2 Å². The molecule has 3 aromatic rings. The summed E-state index contributed by atoms with van der Waals surface area (Å²) in [4.78, 5) is 28.5. The molecule has 0 aliphatic heterocycles. The van der Waals surface area contributed by atoms with Crippen molar-refractivity contribution in [3.63, 3.8) is 0 Å². The summed E-state index contributed by atoms with van der Waals surface area (Å²) in [5, 5.41) is 12.9. The van der Waals surface area contributed by atoms with Crippen molar-refractivity contribution < 1.29 is 19.4 Å². The number of benzene rings is 2. The van der Waals surface area contributed by atoms with Gasteiger partial charge in [0, 0.05) is 18.0 Å². The molecule has 1 heterocycles. The molecule has 2 aromatic carbocycles. The Morgan fingerprint density at radius 1 is 1.12 bits per heavy atom. The maximum Gasteiger partial charge on any atom is 0.326 e. The van der Waals surface area contributed by atoms with Gasteiger partial charge in [-0.1, -0.05) is 30.3 Å². The van der Waals surface area contributed by atoms with E-state index in [1.807, 2.05) is 12.1 Å². The maximum absolute atomic E-state index is 12.6. The molecule has 0 saturated carbocycles. The van der Waals surface area contributed by atoms with E-state index >= 15 is 0 Å². The lowest BCUT2D eigenvalue weighted by Crippen LogP contribution is -2.42. The van der Waals surface area contributed by atoms with Crippen molar-refractivity contribution in [1.82, 2.24) is 10.3 Å². The number of hydrogen-bond acceptors (Lipinski definition) is 4. The molecule has 1 amide bonds. The van der Waals surface area contributed by atoms with E-state index < -0.39 is 17.9 Å². The number of ether oxygens (including phenoxy) is 1. The number of rotatable bonds is 6. The number of aliphatic carboxylic acids is 1. The van der Waals surface area contributed by atoms with Gasteiger partial charge < -0.3 is 15.2 Å². The van der Waals surface area contributed by atoms with E-state index in [9.17, 15) is 14.7 Å². The summed E-state index contributed by atoms with van der Waals surface area (Å²) in [5.41, 5.74) is 1.68. The van der Waals surface area contributed by atoms with Crippen LogP contribution in [0.1, 0.15) is 15.9 Å². The van der Waals surface area contributed by atoms with Gasteiger partial charge in [0.1, 0.15) is 11.8 Å². The van der Waals surface area contributed by atoms with Crippen LogP contribution in [0.2, 0.25) is 0 Å². The Kier molecular flexibility index (Phi) is 5.12. The molecule has 132 valence electrons. The number of carbonyl (C=O) groups excluding carboxylic acids is 1. The Bertz CT molecular complexity index is 933. The van der Waals surface area contributed by atoms with Crippen LogP contribution in [-0.4, -0.2) is 35.1 Å². The van der Waals surface area contributed by atoms with Crippen molar-refractivity contribution >= 4 is 22.8 Å². The van der Waals surface area contributed by atoms with Gasteiger partial charge in [0.15, 0.2) is 0 Å². The van der Waals surface area contributed by atoms with Gasteiger partial charge in [0.25, 0.3) is 5.91 Å². The molecule has 1 aromatic heterocycles. The highest BCUT2D eigenvalue weighted by molar-refractivity contribution is 6.06. The fourth-order valence-corrected chi connectivity index (χ4v) is 2.72. The first-order valence-corrected chi connectivity index (χ1v) is 8.09.